The van der Waals surface area contributed by atoms with Crippen molar-refractivity contribution in [3.63, 3.8) is 0 Å². The number of nitrogens with one attached hydrogen (secondary N) is 2. The van der Waals surface area contributed by atoms with E-state index < -0.39 is 35.8 Å². The SMILES string of the molecule is COc1cc(OC)cc(N(C(=O)CNC(=O)c2cccs2)[C@H](C(=O)NC(C)(C)C)c2cc(OC)c(OC)c(OC)c2)c1. The van der Waals surface area contributed by atoms with Gasteiger partial charge in [-0.15, -0.1) is 11.3 Å². The van der Waals surface area contributed by atoms with E-state index in [4.69, 9.17) is 23.7 Å². The standard InChI is InChI=1S/C30H37N3O8S/c1-30(2,3)32-29(36)26(18-12-22(39-6)27(41-8)23(13-18)40-7)33(19-14-20(37-4)16-21(15-19)38-5)25(34)17-31-28(35)24-10-9-11-42-24/h9-16,26H,17H2,1-8H3,(H,31,35)(H,32,36)/t26-/m0/s1. The Morgan fingerprint density at radius 3 is 1.90 bits per heavy atom. The first-order valence-corrected chi connectivity index (χ1v) is 13.8. The number of hydrogen-bond donors (Lipinski definition) is 2. The molecule has 11 nitrogen and oxygen atoms in total. The Balaban J connectivity index is 2.25. The minimum atomic E-state index is -1.25. The maximum absolute atomic E-state index is 14.1. The van der Waals surface area contributed by atoms with E-state index in [9.17, 15) is 14.4 Å². The van der Waals surface area contributed by atoms with Gasteiger partial charge >= 0.3 is 0 Å². The molecule has 1 aromatic heterocycles. The van der Waals surface area contributed by atoms with E-state index in [2.05, 4.69) is 10.6 Å². The zero-order valence-electron chi connectivity index (χ0n) is 25.0. The van der Waals surface area contributed by atoms with E-state index in [1.807, 2.05) is 20.8 Å². The Labute approximate surface area is 249 Å². The van der Waals surface area contributed by atoms with Crippen LogP contribution in [0.25, 0.3) is 0 Å². The monoisotopic (exact) mass is 599 g/mol. The van der Waals surface area contributed by atoms with Gasteiger partial charge in [0.15, 0.2) is 11.5 Å². The lowest BCUT2D eigenvalue weighted by molar-refractivity contribution is -0.127. The molecule has 0 aliphatic rings. The van der Waals surface area contributed by atoms with Crippen LogP contribution in [0, 0.1) is 0 Å². The molecule has 0 saturated carbocycles. The van der Waals surface area contributed by atoms with Crippen LogP contribution in [0.15, 0.2) is 47.8 Å². The molecule has 1 atom stereocenters. The van der Waals surface area contributed by atoms with Crippen molar-refractivity contribution in [2.75, 3.05) is 47.0 Å². The summed E-state index contributed by atoms with van der Waals surface area (Å²) < 4.78 is 27.5. The van der Waals surface area contributed by atoms with Gasteiger partial charge in [-0.3, -0.25) is 19.3 Å². The van der Waals surface area contributed by atoms with E-state index in [0.717, 1.165) is 0 Å². The highest BCUT2D eigenvalue weighted by Gasteiger charge is 2.36. The Hall–Kier alpha value is -4.45. The molecule has 0 aliphatic carbocycles. The molecule has 0 saturated heterocycles. The molecule has 2 N–H and O–H groups in total. The van der Waals surface area contributed by atoms with Crippen molar-refractivity contribution in [2.45, 2.75) is 32.4 Å². The molecule has 226 valence electrons. The molecular weight excluding hydrogens is 562 g/mol. The van der Waals surface area contributed by atoms with Crippen LogP contribution in [0.2, 0.25) is 0 Å². The molecule has 0 radical (unpaired) electrons. The third-order valence-corrected chi connectivity index (χ3v) is 6.90. The van der Waals surface area contributed by atoms with Gasteiger partial charge in [0.05, 0.1) is 52.7 Å². The number of carbonyl (C=O) groups excluding carboxylic acids is 3. The van der Waals surface area contributed by atoms with Crippen LogP contribution >= 0.6 is 11.3 Å². The van der Waals surface area contributed by atoms with Crippen molar-refractivity contribution in [3.05, 3.63) is 58.3 Å². The number of hydrogen-bond acceptors (Lipinski definition) is 9. The summed E-state index contributed by atoms with van der Waals surface area (Å²) in [6.07, 6.45) is 0. The first-order chi connectivity index (χ1) is 20.0. The minimum Gasteiger partial charge on any atom is -0.497 e. The number of thiophene rings is 1. The van der Waals surface area contributed by atoms with E-state index in [0.29, 0.717) is 44.9 Å². The van der Waals surface area contributed by atoms with Crippen molar-refractivity contribution < 1.29 is 38.1 Å². The van der Waals surface area contributed by atoms with Crippen LogP contribution in [0.3, 0.4) is 0 Å². The van der Waals surface area contributed by atoms with Gasteiger partial charge in [-0.05, 0) is 49.9 Å². The fourth-order valence-corrected chi connectivity index (χ4v) is 4.86. The molecule has 0 aliphatic heterocycles. The molecule has 3 rings (SSSR count). The van der Waals surface area contributed by atoms with Crippen molar-refractivity contribution in [2.24, 2.45) is 0 Å². The van der Waals surface area contributed by atoms with Crippen LogP contribution < -0.4 is 39.2 Å². The number of anilines is 1. The Bertz CT molecular complexity index is 1350. The average molecular weight is 600 g/mol. The maximum atomic E-state index is 14.1. The summed E-state index contributed by atoms with van der Waals surface area (Å²) in [5.41, 5.74) is 0.0137. The molecule has 12 heteroatoms. The second-order valence-corrected chi connectivity index (χ2v) is 11.0. The molecule has 2 aromatic carbocycles. The van der Waals surface area contributed by atoms with E-state index in [1.165, 1.54) is 51.8 Å². The van der Waals surface area contributed by atoms with Gasteiger partial charge in [-0.1, -0.05) is 6.07 Å². The van der Waals surface area contributed by atoms with Gasteiger partial charge in [0.2, 0.25) is 17.6 Å². The highest BCUT2D eigenvalue weighted by Crippen LogP contribution is 2.42. The normalized spacial score (nSPS) is 11.6. The molecular formula is C30H37N3O8S. The summed E-state index contributed by atoms with van der Waals surface area (Å²) in [6.45, 7) is 5.09. The van der Waals surface area contributed by atoms with Gasteiger partial charge in [-0.2, -0.15) is 0 Å². The van der Waals surface area contributed by atoms with Crippen molar-refractivity contribution >= 4 is 34.7 Å². The Morgan fingerprint density at radius 2 is 1.45 bits per heavy atom. The second-order valence-electron chi connectivity index (χ2n) is 10.1. The van der Waals surface area contributed by atoms with Gasteiger partial charge in [-0.25, -0.2) is 0 Å². The largest absolute Gasteiger partial charge is 0.497 e. The van der Waals surface area contributed by atoms with Crippen molar-refractivity contribution in [1.29, 1.82) is 0 Å². The number of ether oxygens (including phenoxy) is 5. The van der Waals surface area contributed by atoms with Gasteiger partial charge in [0.25, 0.3) is 5.91 Å². The lowest BCUT2D eigenvalue weighted by Crippen LogP contribution is -2.51. The number of methoxy groups -OCH3 is 5. The molecule has 3 aromatic rings. The van der Waals surface area contributed by atoms with E-state index >= 15 is 0 Å². The molecule has 0 unspecified atom stereocenters. The zero-order valence-corrected chi connectivity index (χ0v) is 25.8. The molecule has 3 amide bonds. The molecule has 0 fully saturated rings. The highest BCUT2D eigenvalue weighted by molar-refractivity contribution is 7.12. The summed E-state index contributed by atoms with van der Waals surface area (Å²) in [5, 5.41) is 7.41. The fourth-order valence-electron chi connectivity index (χ4n) is 4.22. The van der Waals surface area contributed by atoms with Crippen LogP contribution in [0.1, 0.15) is 42.0 Å². The van der Waals surface area contributed by atoms with Crippen LogP contribution in [0.4, 0.5) is 5.69 Å². The van der Waals surface area contributed by atoms with Gasteiger partial charge < -0.3 is 34.3 Å². The second kappa shape index (κ2) is 13.9. The highest BCUT2D eigenvalue weighted by atomic mass is 32.1. The number of benzene rings is 2. The Morgan fingerprint density at radius 1 is 0.857 bits per heavy atom. The van der Waals surface area contributed by atoms with Crippen molar-refractivity contribution in [3.8, 4) is 28.7 Å². The third kappa shape index (κ3) is 7.64. The van der Waals surface area contributed by atoms with Gasteiger partial charge in [0.1, 0.15) is 17.5 Å². The molecule has 1 heterocycles. The number of amides is 3. The summed E-state index contributed by atoms with van der Waals surface area (Å²) in [7, 11) is 7.35. The van der Waals surface area contributed by atoms with E-state index in [1.54, 1.807) is 47.8 Å². The van der Waals surface area contributed by atoms with Crippen molar-refractivity contribution in [1.82, 2.24) is 10.6 Å². The number of rotatable bonds is 12. The lowest BCUT2D eigenvalue weighted by atomic mass is 9.99. The number of carbonyl (C=O) groups is 3. The molecule has 42 heavy (non-hydrogen) atoms. The Kier molecular flexibility index (Phi) is 10.6. The third-order valence-electron chi connectivity index (χ3n) is 6.04. The minimum absolute atomic E-state index is 0.294. The van der Waals surface area contributed by atoms with Gasteiger partial charge in [0, 0.05) is 23.7 Å². The fraction of sp³-hybridized carbons (Fsp3) is 0.367. The van der Waals surface area contributed by atoms with Crippen LogP contribution in [-0.2, 0) is 9.59 Å². The predicted molar refractivity (Wildman–Crippen MR) is 160 cm³/mol. The smallest absolute Gasteiger partial charge is 0.261 e. The predicted octanol–water partition coefficient (Wildman–Crippen LogP) is 4.21. The first kappa shape index (κ1) is 32.1. The quantitative estimate of drug-likeness (QED) is 0.317. The van der Waals surface area contributed by atoms with Crippen LogP contribution in [0.5, 0.6) is 28.7 Å². The summed E-state index contributed by atoms with van der Waals surface area (Å²) in [4.78, 5) is 42.7. The zero-order chi connectivity index (χ0) is 31.0. The summed E-state index contributed by atoms with van der Waals surface area (Å²) in [5.74, 6) is 0.223. The summed E-state index contributed by atoms with van der Waals surface area (Å²) in [6, 6.07) is 10.2. The average Bonchev–Trinajstić information content (AvgIpc) is 3.51. The van der Waals surface area contributed by atoms with E-state index in [-0.39, 0.29) is 0 Å². The maximum Gasteiger partial charge on any atom is 0.261 e. The summed E-state index contributed by atoms with van der Waals surface area (Å²) >= 11 is 1.25. The number of nitrogens with zero attached hydrogens (tertiary/aromatic N) is 1. The molecule has 0 spiro atoms. The lowest BCUT2D eigenvalue weighted by Gasteiger charge is -2.34. The topological polar surface area (TPSA) is 125 Å². The van der Waals surface area contributed by atoms with Crippen LogP contribution in [-0.4, -0.2) is 65.4 Å². The molecule has 0 bridgehead atoms. The first-order valence-electron chi connectivity index (χ1n) is 12.9.